The van der Waals surface area contributed by atoms with Gasteiger partial charge in [-0.3, -0.25) is 9.55 Å². The normalized spacial score (nSPS) is 17.2. The van der Waals surface area contributed by atoms with Gasteiger partial charge in [0.05, 0.1) is 37.6 Å². The number of pyridine rings is 1. The van der Waals surface area contributed by atoms with E-state index in [0.29, 0.717) is 67.1 Å². The van der Waals surface area contributed by atoms with Crippen molar-refractivity contribution >= 4 is 11.0 Å². The Bertz CT molecular complexity index is 4000. The third-order valence-corrected chi connectivity index (χ3v) is 11.6. The predicted molar refractivity (Wildman–Crippen MR) is 274 cm³/mol. The second-order valence-electron chi connectivity index (χ2n) is 18.3. The molecular formula is C61H59N3O. The highest BCUT2D eigenvalue weighted by atomic mass is 16.3. The van der Waals surface area contributed by atoms with Gasteiger partial charge in [-0.25, -0.2) is 4.98 Å². The lowest BCUT2D eigenvalue weighted by Crippen LogP contribution is -2.11. The molecule has 0 amide bonds. The van der Waals surface area contributed by atoms with Crippen LogP contribution < -0.4 is 0 Å². The van der Waals surface area contributed by atoms with Gasteiger partial charge in [0.1, 0.15) is 11.6 Å². The minimum absolute atomic E-state index is 0.0949. The molecule has 0 bridgehead atoms. The summed E-state index contributed by atoms with van der Waals surface area (Å²) >= 11 is 0. The second kappa shape index (κ2) is 16.5. The van der Waals surface area contributed by atoms with Crippen LogP contribution in [0.3, 0.4) is 0 Å². The van der Waals surface area contributed by atoms with Crippen molar-refractivity contribution in [3.63, 3.8) is 0 Å². The van der Waals surface area contributed by atoms with Crippen LogP contribution in [-0.4, -0.2) is 19.6 Å². The van der Waals surface area contributed by atoms with E-state index in [0.717, 1.165) is 5.56 Å². The van der Waals surface area contributed by atoms with E-state index in [9.17, 15) is 9.22 Å². The number of phenols is 1. The molecule has 0 aliphatic heterocycles. The fourth-order valence-electron chi connectivity index (χ4n) is 7.99. The summed E-state index contributed by atoms with van der Waals surface area (Å²) < 4.78 is 167. The molecular weight excluding hydrogens is 791 g/mol. The number of aryl methyl sites for hydroxylation is 1. The summed E-state index contributed by atoms with van der Waals surface area (Å²) in [5.41, 5.74) is -0.642. The monoisotopic (exact) mass is 869 g/mol. The number of fused-ring (bicyclic) bond motifs is 1. The Hall–Kier alpha value is -7.04. The molecule has 4 nitrogen and oxygen atoms in total. The van der Waals surface area contributed by atoms with Crippen LogP contribution >= 0.6 is 0 Å². The van der Waals surface area contributed by atoms with E-state index >= 15 is 0 Å². The minimum Gasteiger partial charge on any atom is -0.507 e. The number of aromatic hydroxyl groups is 1. The number of rotatable bonds is 7. The summed E-state index contributed by atoms with van der Waals surface area (Å²) in [6.45, 7) is -2.28. The number of hydrogen-bond acceptors (Lipinski definition) is 3. The van der Waals surface area contributed by atoms with E-state index in [1.807, 2.05) is 110 Å². The van der Waals surface area contributed by atoms with Gasteiger partial charge in [0, 0.05) is 39.3 Å². The Labute approximate surface area is 412 Å². The van der Waals surface area contributed by atoms with Crippen LogP contribution in [0.25, 0.3) is 83.9 Å². The predicted octanol–water partition coefficient (Wildman–Crippen LogP) is 16.3. The maximum absolute atomic E-state index is 11.7. The number of aromatic nitrogens is 3. The number of para-hydroxylation sites is 2. The zero-order chi connectivity index (χ0) is 61.9. The molecule has 9 rings (SSSR count). The molecule has 0 unspecified atom stereocenters. The molecule has 0 saturated heterocycles. The third-order valence-electron chi connectivity index (χ3n) is 11.6. The van der Waals surface area contributed by atoms with Crippen molar-refractivity contribution in [1.82, 2.24) is 14.5 Å². The molecule has 0 atom stereocenters. The van der Waals surface area contributed by atoms with Crippen molar-refractivity contribution in [2.75, 3.05) is 0 Å². The Morgan fingerprint density at radius 2 is 1.20 bits per heavy atom. The molecule has 7 aromatic carbocycles. The molecule has 2 heterocycles. The van der Waals surface area contributed by atoms with Gasteiger partial charge in [-0.15, -0.1) is 0 Å². The molecule has 0 aliphatic carbocycles. The van der Waals surface area contributed by atoms with Crippen LogP contribution in [-0.2, 0) is 16.2 Å². The summed E-state index contributed by atoms with van der Waals surface area (Å²) in [7, 11) is 0. The van der Waals surface area contributed by atoms with Gasteiger partial charge < -0.3 is 5.11 Å². The van der Waals surface area contributed by atoms with E-state index < -0.39 is 97.4 Å². The SMILES string of the molecule is [2H]c1nc(-c2cc(-c3cccc4c3nc(-c3ccccc3O)n4-c3cc(-c4ccccc4)c(C([2H])([2H])[2H])cc3-c3ccc(C(C)(C)C)cc3)cc(C(C)(C)C)c2)c([2H])c(-c2c([2H])c([2H])c(C(C([2H])([2H])[2H])(C([2H])([2H])[2H])C([2H])([2H])[2H])c([2H])c2[2H])c1[2H]. The molecule has 65 heavy (non-hydrogen) atoms. The topological polar surface area (TPSA) is 50.9 Å². The standard InChI is InChI=1S/C61H59N3O/c1-39-33-52(42-25-29-47(30-26-42)60(5,6)7)55(38-51(39)41-17-12-11-13-18-41)64-54-21-16-20-49(57(54)63-58(64)50-19-14-15-22-56(50)65)44-34-45(36-48(35-44)61(8,9)10)53-37-43(31-32-62-53)40-23-27-46(28-24-40)59(2,3)4/h11-38,65H,1-10H3/i1D3,2D3,3D3,4D3,23D,24D,27D,28D,31D,32D,37D. The number of nitrogens with zero attached hydrogens (tertiary/aromatic N) is 3. The van der Waals surface area contributed by atoms with E-state index in [1.54, 1.807) is 36.4 Å². The van der Waals surface area contributed by atoms with Gasteiger partial charge in [0.25, 0.3) is 0 Å². The number of imidazole rings is 1. The summed E-state index contributed by atoms with van der Waals surface area (Å²) in [6.07, 6.45) is -0.766. The molecule has 2 aromatic heterocycles. The van der Waals surface area contributed by atoms with E-state index in [1.165, 1.54) is 6.07 Å². The van der Waals surface area contributed by atoms with E-state index in [4.69, 9.17) is 26.9 Å². The van der Waals surface area contributed by atoms with Gasteiger partial charge in [0.2, 0.25) is 0 Å². The van der Waals surface area contributed by atoms with Crippen molar-refractivity contribution in [2.45, 2.75) is 85.2 Å². The first-order valence-corrected chi connectivity index (χ1v) is 21.2. The zero-order valence-corrected chi connectivity index (χ0v) is 36.9. The average molecular weight is 869 g/mol. The minimum atomic E-state index is -3.95. The van der Waals surface area contributed by atoms with Gasteiger partial charge in [0.15, 0.2) is 0 Å². The summed E-state index contributed by atoms with van der Waals surface area (Å²) in [4.78, 5) is 9.74. The Balaban J connectivity index is 1.35. The first-order valence-electron chi connectivity index (χ1n) is 30.7. The Morgan fingerprint density at radius 1 is 0.523 bits per heavy atom. The molecule has 0 spiro atoms. The van der Waals surface area contributed by atoms with Crippen LogP contribution in [0.4, 0.5) is 0 Å². The highest BCUT2D eigenvalue weighted by molar-refractivity contribution is 5.98. The van der Waals surface area contributed by atoms with Crippen molar-refractivity contribution in [3.05, 3.63) is 192 Å². The molecule has 4 heteroatoms. The van der Waals surface area contributed by atoms with Crippen molar-refractivity contribution < 1.29 is 31.2 Å². The lowest BCUT2D eigenvalue weighted by Gasteiger charge is -2.22. The molecule has 1 N–H and O–H groups in total. The number of hydrogen-bond donors (Lipinski definition) is 1. The molecule has 0 aliphatic rings. The quantitative estimate of drug-likeness (QED) is 0.174. The number of phenolic OH excluding ortho intramolecular Hbond substituents is 1. The van der Waals surface area contributed by atoms with Gasteiger partial charge in [-0.1, -0.05) is 171 Å². The zero-order valence-electron chi connectivity index (χ0n) is 55.9. The fourth-order valence-corrected chi connectivity index (χ4v) is 7.99. The Morgan fingerprint density at radius 3 is 1.89 bits per heavy atom. The highest BCUT2D eigenvalue weighted by Crippen LogP contribution is 2.43. The van der Waals surface area contributed by atoms with Crippen LogP contribution in [0.5, 0.6) is 5.75 Å². The highest BCUT2D eigenvalue weighted by Gasteiger charge is 2.25. The van der Waals surface area contributed by atoms with E-state index in [-0.39, 0.29) is 28.0 Å². The summed E-state index contributed by atoms with van der Waals surface area (Å²) in [5, 5.41) is 11.7. The van der Waals surface area contributed by atoms with Crippen LogP contribution in [0.2, 0.25) is 0 Å². The van der Waals surface area contributed by atoms with Crippen molar-refractivity contribution in [2.24, 2.45) is 0 Å². The number of benzene rings is 7. The molecule has 0 radical (unpaired) electrons. The average Bonchev–Trinajstić information content (AvgIpc) is 0.818. The van der Waals surface area contributed by atoms with Crippen LogP contribution in [0.15, 0.2) is 170 Å². The molecule has 0 fully saturated rings. The maximum Gasteiger partial charge on any atom is 0.149 e. The van der Waals surface area contributed by atoms with Crippen LogP contribution in [0, 0.1) is 6.85 Å². The first-order chi connectivity index (χ1) is 38.8. The largest absolute Gasteiger partial charge is 0.507 e. The first kappa shape index (κ1) is 26.1. The maximum atomic E-state index is 11.7. The molecule has 324 valence electrons. The second-order valence-corrected chi connectivity index (χ2v) is 18.3. The molecule has 0 saturated carbocycles. The van der Waals surface area contributed by atoms with Gasteiger partial charge in [-0.05, 0) is 133 Å². The Kier molecular flexibility index (Phi) is 6.61. The lowest BCUT2D eigenvalue weighted by atomic mass is 9.83. The summed E-state index contributed by atoms with van der Waals surface area (Å²) in [6, 6.07) is 31.7. The van der Waals surface area contributed by atoms with E-state index in [2.05, 4.69) is 25.8 Å². The molecule has 9 aromatic rings. The smallest absolute Gasteiger partial charge is 0.149 e. The van der Waals surface area contributed by atoms with Crippen molar-refractivity contribution in [3.8, 4) is 78.6 Å². The summed E-state index contributed by atoms with van der Waals surface area (Å²) in [5.74, 6) is 0.197. The van der Waals surface area contributed by atoms with Crippen molar-refractivity contribution in [1.29, 1.82) is 0 Å². The fraction of sp³-hybridized carbons (Fsp3) is 0.213. The third kappa shape index (κ3) is 8.54. The lowest BCUT2D eigenvalue weighted by molar-refractivity contribution is 0.477. The van der Waals surface area contributed by atoms with Gasteiger partial charge >= 0.3 is 0 Å². The van der Waals surface area contributed by atoms with Crippen LogP contribution in [0.1, 0.15) is 110 Å². The van der Waals surface area contributed by atoms with Gasteiger partial charge in [-0.2, -0.15) is 0 Å².